The fraction of sp³-hybridized carbons (Fsp3) is 0.636. The highest BCUT2D eigenvalue weighted by molar-refractivity contribution is 5.79. The Balaban J connectivity index is 1.81. The minimum atomic E-state index is -0.278. The van der Waals surface area contributed by atoms with Gasteiger partial charge in [0.15, 0.2) is 0 Å². The third-order valence-electron chi connectivity index (χ3n) is 5.52. The summed E-state index contributed by atoms with van der Waals surface area (Å²) >= 11 is 0. The number of amides is 2. The molecule has 0 saturated carbocycles. The van der Waals surface area contributed by atoms with E-state index >= 15 is 0 Å². The molecule has 0 bridgehead atoms. The summed E-state index contributed by atoms with van der Waals surface area (Å²) < 4.78 is 13.2. The number of carbonyl (C=O) groups is 2. The molecule has 1 unspecified atom stereocenters. The third-order valence-corrected chi connectivity index (χ3v) is 5.52. The third kappa shape index (κ3) is 7.08. The normalized spacial score (nSPS) is 16.6. The molecule has 2 rings (SSSR count). The molecule has 0 spiro atoms. The van der Waals surface area contributed by atoms with Crippen LogP contribution in [0.4, 0.5) is 4.39 Å². The van der Waals surface area contributed by atoms with Crippen LogP contribution in [0.1, 0.15) is 39.3 Å². The van der Waals surface area contributed by atoms with Crippen molar-refractivity contribution in [2.45, 2.75) is 33.7 Å². The van der Waals surface area contributed by atoms with Crippen LogP contribution in [0.3, 0.4) is 0 Å². The van der Waals surface area contributed by atoms with Crippen LogP contribution in [0.5, 0.6) is 0 Å². The highest BCUT2D eigenvalue weighted by Crippen LogP contribution is 2.22. The highest BCUT2D eigenvalue weighted by Gasteiger charge is 2.24. The van der Waals surface area contributed by atoms with E-state index in [4.69, 9.17) is 0 Å². The number of hydrogen-bond acceptors (Lipinski definition) is 4. The van der Waals surface area contributed by atoms with E-state index in [-0.39, 0.29) is 29.6 Å². The topological polar surface area (TPSA) is 55.9 Å². The van der Waals surface area contributed by atoms with E-state index in [1.54, 1.807) is 12.1 Å². The number of nitrogens with zero attached hydrogens (tertiary/aromatic N) is 3. The zero-order valence-corrected chi connectivity index (χ0v) is 18.2. The maximum absolute atomic E-state index is 13.2. The Bertz CT molecular complexity index is 653. The summed E-state index contributed by atoms with van der Waals surface area (Å²) in [6.07, 6.45) is 0. The van der Waals surface area contributed by atoms with Crippen LogP contribution >= 0.6 is 0 Å². The first-order chi connectivity index (χ1) is 13.8. The summed E-state index contributed by atoms with van der Waals surface area (Å²) in [6, 6.07) is 6.17. The van der Waals surface area contributed by atoms with Crippen molar-refractivity contribution in [2.75, 3.05) is 52.4 Å². The Kier molecular flexibility index (Phi) is 9.04. The molecule has 2 amide bonds. The van der Waals surface area contributed by atoms with Crippen molar-refractivity contribution in [1.82, 2.24) is 20.0 Å². The molecule has 29 heavy (non-hydrogen) atoms. The molecule has 0 radical (unpaired) electrons. The van der Waals surface area contributed by atoms with Gasteiger partial charge in [-0.25, -0.2) is 4.39 Å². The first kappa shape index (κ1) is 23.3. The molecular formula is C22H35FN4O2. The smallest absolute Gasteiger partial charge is 0.236 e. The van der Waals surface area contributed by atoms with Crippen LogP contribution in [0.2, 0.25) is 0 Å². The maximum Gasteiger partial charge on any atom is 0.236 e. The minimum absolute atomic E-state index is 0.0271. The van der Waals surface area contributed by atoms with E-state index in [0.717, 1.165) is 44.8 Å². The molecule has 1 atom stereocenters. The van der Waals surface area contributed by atoms with Gasteiger partial charge in [0.05, 0.1) is 19.1 Å². The second kappa shape index (κ2) is 11.3. The van der Waals surface area contributed by atoms with Crippen molar-refractivity contribution >= 4 is 11.8 Å². The van der Waals surface area contributed by atoms with Crippen molar-refractivity contribution in [3.8, 4) is 0 Å². The van der Waals surface area contributed by atoms with Crippen LogP contribution < -0.4 is 5.32 Å². The monoisotopic (exact) mass is 406 g/mol. The van der Waals surface area contributed by atoms with E-state index in [0.29, 0.717) is 13.1 Å². The molecule has 1 aliphatic rings. The Hall–Kier alpha value is -1.99. The molecule has 1 aromatic rings. The van der Waals surface area contributed by atoms with E-state index in [1.165, 1.54) is 12.1 Å². The van der Waals surface area contributed by atoms with Crippen LogP contribution in [-0.2, 0) is 9.59 Å². The lowest BCUT2D eigenvalue weighted by molar-refractivity contribution is -0.133. The number of halogens is 1. The van der Waals surface area contributed by atoms with Crippen molar-refractivity contribution in [3.63, 3.8) is 0 Å². The summed E-state index contributed by atoms with van der Waals surface area (Å²) in [5, 5.41) is 3.10. The fourth-order valence-electron chi connectivity index (χ4n) is 3.70. The largest absolute Gasteiger partial charge is 0.348 e. The fourth-order valence-corrected chi connectivity index (χ4v) is 3.70. The zero-order chi connectivity index (χ0) is 21.4. The summed E-state index contributed by atoms with van der Waals surface area (Å²) in [6.45, 7) is 13.4. The Morgan fingerprint density at radius 2 is 1.52 bits per heavy atom. The van der Waals surface area contributed by atoms with Crippen LogP contribution in [0.15, 0.2) is 24.3 Å². The number of nitrogens with one attached hydrogen (secondary N) is 1. The quantitative estimate of drug-likeness (QED) is 0.683. The Labute approximate surface area is 174 Å². The highest BCUT2D eigenvalue weighted by atomic mass is 19.1. The van der Waals surface area contributed by atoms with Crippen molar-refractivity contribution in [3.05, 3.63) is 35.6 Å². The predicted octanol–water partition coefficient (Wildman–Crippen LogP) is 2.13. The molecule has 6 nitrogen and oxygen atoms in total. The standard InChI is InChI=1S/C22H35FN4O2/c1-5-27(6-2)21(29)16-26-13-11-25(12-14-26)15-20(28)24-22(17(3)4)18-7-9-19(23)10-8-18/h7-10,17,22H,5-6,11-16H2,1-4H3,(H,24,28). The zero-order valence-electron chi connectivity index (χ0n) is 18.2. The van der Waals surface area contributed by atoms with Gasteiger partial charge in [-0.15, -0.1) is 0 Å². The number of benzene rings is 1. The van der Waals surface area contributed by atoms with Gasteiger partial charge in [-0.2, -0.15) is 0 Å². The van der Waals surface area contributed by atoms with Gasteiger partial charge in [-0.3, -0.25) is 19.4 Å². The first-order valence-electron chi connectivity index (χ1n) is 10.6. The van der Waals surface area contributed by atoms with Crippen molar-refractivity contribution < 1.29 is 14.0 Å². The summed E-state index contributed by atoms with van der Waals surface area (Å²) in [7, 11) is 0. The molecule has 1 N–H and O–H groups in total. The van der Waals surface area contributed by atoms with E-state index < -0.39 is 0 Å². The van der Waals surface area contributed by atoms with Gasteiger partial charge >= 0.3 is 0 Å². The van der Waals surface area contributed by atoms with Gasteiger partial charge in [0.25, 0.3) is 0 Å². The van der Waals surface area contributed by atoms with E-state index in [1.807, 2.05) is 32.6 Å². The van der Waals surface area contributed by atoms with Crippen LogP contribution in [0, 0.1) is 11.7 Å². The molecule has 7 heteroatoms. The SMILES string of the molecule is CCN(CC)C(=O)CN1CCN(CC(=O)NC(c2ccc(F)cc2)C(C)C)CC1. The molecule has 1 aliphatic heterocycles. The lowest BCUT2D eigenvalue weighted by Gasteiger charge is -2.35. The van der Waals surface area contributed by atoms with Gasteiger partial charge in [0.2, 0.25) is 11.8 Å². The van der Waals surface area contributed by atoms with Crippen molar-refractivity contribution in [2.24, 2.45) is 5.92 Å². The molecule has 1 aromatic carbocycles. The number of likely N-dealkylation sites (N-methyl/N-ethyl adjacent to an activating group) is 1. The van der Waals surface area contributed by atoms with Gasteiger partial charge < -0.3 is 10.2 Å². The van der Waals surface area contributed by atoms with Crippen LogP contribution in [0.25, 0.3) is 0 Å². The van der Waals surface area contributed by atoms with E-state index in [2.05, 4.69) is 15.1 Å². The summed E-state index contributed by atoms with van der Waals surface area (Å²) in [4.78, 5) is 31.0. The molecule has 1 saturated heterocycles. The number of piperazine rings is 1. The molecule has 1 heterocycles. The average molecular weight is 407 g/mol. The summed E-state index contributed by atoms with van der Waals surface area (Å²) in [5.74, 6) is 0.0632. The van der Waals surface area contributed by atoms with Gasteiger partial charge in [-0.1, -0.05) is 26.0 Å². The van der Waals surface area contributed by atoms with Gasteiger partial charge in [0.1, 0.15) is 5.82 Å². The van der Waals surface area contributed by atoms with Gasteiger partial charge in [-0.05, 0) is 37.5 Å². The maximum atomic E-state index is 13.2. The van der Waals surface area contributed by atoms with Crippen molar-refractivity contribution in [1.29, 1.82) is 0 Å². The second-order valence-electron chi connectivity index (χ2n) is 7.96. The first-order valence-corrected chi connectivity index (χ1v) is 10.6. The number of rotatable bonds is 9. The number of carbonyl (C=O) groups excluding carboxylic acids is 2. The lowest BCUT2D eigenvalue weighted by Crippen LogP contribution is -2.52. The van der Waals surface area contributed by atoms with E-state index in [9.17, 15) is 14.0 Å². The molecule has 162 valence electrons. The predicted molar refractivity (Wildman–Crippen MR) is 113 cm³/mol. The second-order valence-corrected chi connectivity index (χ2v) is 7.96. The Morgan fingerprint density at radius 1 is 1.00 bits per heavy atom. The molecular weight excluding hydrogens is 371 g/mol. The lowest BCUT2D eigenvalue weighted by atomic mass is 9.96. The van der Waals surface area contributed by atoms with Crippen LogP contribution in [-0.4, -0.2) is 78.9 Å². The Morgan fingerprint density at radius 3 is 2.00 bits per heavy atom. The minimum Gasteiger partial charge on any atom is -0.348 e. The molecule has 0 aromatic heterocycles. The molecule has 0 aliphatic carbocycles. The van der Waals surface area contributed by atoms with Gasteiger partial charge in [0, 0.05) is 39.3 Å². The number of hydrogen-bond donors (Lipinski definition) is 1. The molecule has 1 fully saturated rings. The average Bonchev–Trinajstić information content (AvgIpc) is 2.69. The summed E-state index contributed by atoms with van der Waals surface area (Å²) in [5.41, 5.74) is 0.912.